The van der Waals surface area contributed by atoms with E-state index in [1.165, 1.54) is 0 Å². The number of esters is 1. The standard InChI is InChI=1S/C44H58N8O8/c1-25(39(57)50-41-45-12-13-46-41)47-32(16-34-42(2)10-9-35(54)43(3,22-53)33(42)8-11-44(34)23-59-44)31-15-30(60-40(31)58)14-26-4-6-29(7-5-26)48-36(55)17-37(56)49-38-27-18-51-20-28(38)21-52(19-27)24-51/h4-7,12,14-15,25,27-28,32-35,38,47,53-54H,8-11,13,16-24H2,1-3H3,(H,48,55)(H,49,56)(H,46,50,57)/b30-14+/t25?,27?,28?,32?,33?,34?,35-,38?,42+,43+,44?/m1/s1. The minimum atomic E-state index is -0.739. The van der Waals surface area contributed by atoms with Gasteiger partial charge in [-0.15, -0.1) is 0 Å². The van der Waals surface area contributed by atoms with Crippen molar-refractivity contribution in [2.24, 2.45) is 44.5 Å². The highest BCUT2D eigenvalue weighted by Gasteiger charge is 2.67. The third-order valence-corrected chi connectivity index (χ3v) is 15.2. The van der Waals surface area contributed by atoms with Gasteiger partial charge in [-0.25, -0.2) is 14.8 Å². The van der Waals surface area contributed by atoms with Crippen LogP contribution in [0.4, 0.5) is 5.69 Å². The molecule has 9 aliphatic rings. The number of carbonyl (C=O) groups excluding carboxylic acids is 4. The predicted molar refractivity (Wildman–Crippen MR) is 222 cm³/mol. The molecular weight excluding hydrogens is 769 g/mol. The Morgan fingerprint density at radius 1 is 1.02 bits per heavy atom. The fourth-order valence-corrected chi connectivity index (χ4v) is 12.1. The van der Waals surface area contributed by atoms with E-state index in [-0.39, 0.29) is 60.0 Å². The lowest BCUT2D eigenvalue weighted by Gasteiger charge is -2.61. The van der Waals surface area contributed by atoms with E-state index in [2.05, 4.69) is 48.0 Å². The largest absolute Gasteiger partial charge is 0.423 e. The third kappa shape index (κ3) is 7.75. The van der Waals surface area contributed by atoms with Gasteiger partial charge < -0.3 is 30.3 Å². The van der Waals surface area contributed by atoms with Crippen LogP contribution in [0.2, 0.25) is 0 Å². The molecular formula is C44H58N8O8. The predicted octanol–water partition coefficient (Wildman–Crippen LogP) is 1.41. The van der Waals surface area contributed by atoms with Crippen molar-refractivity contribution in [1.82, 2.24) is 25.8 Å². The van der Waals surface area contributed by atoms with E-state index < -0.39 is 35.2 Å². The summed E-state index contributed by atoms with van der Waals surface area (Å²) < 4.78 is 12.1. The van der Waals surface area contributed by atoms with Crippen molar-refractivity contribution in [3.8, 4) is 0 Å². The van der Waals surface area contributed by atoms with Crippen molar-refractivity contribution in [3.63, 3.8) is 0 Å². The number of piperidine rings is 2. The number of nitrogens with zero attached hydrogens (tertiary/aromatic N) is 4. The van der Waals surface area contributed by atoms with Gasteiger partial charge >= 0.3 is 5.97 Å². The third-order valence-electron chi connectivity index (χ3n) is 15.2. The Kier molecular flexibility index (Phi) is 10.9. The Morgan fingerprint density at radius 3 is 2.38 bits per heavy atom. The number of cyclic esters (lactones) is 1. The van der Waals surface area contributed by atoms with Crippen LogP contribution in [0, 0.1) is 34.5 Å². The molecule has 1 aromatic rings. The highest BCUT2D eigenvalue weighted by molar-refractivity contribution is 6.05. The van der Waals surface area contributed by atoms with Crippen LogP contribution in [0.15, 0.2) is 51.7 Å². The van der Waals surface area contributed by atoms with E-state index in [1.54, 1.807) is 49.6 Å². The van der Waals surface area contributed by atoms with Gasteiger partial charge in [0.1, 0.15) is 12.2 Å². The van der Waals surface area contributed by atoms with Crippen molar-refractivity contribution < 1.29 is 38.9 Å². The van der Waals surface area contributed by atoms with Crippen molar-refractivity contribution in [1.29, 1.82) is 0 Å². The molecule has 7 fully saturated rings. The lowest BCUT2D eigenvalue weighted by atomic mass is 9.44. The molecule has 6 N–H and O–H groups in total. The number of hydrogen-bond donors (Lipinski definition) is 6. The number of aliphatic hydroxyl groups is 2. The second-order valence-electron chi connectivity index (χ2n) is 19.1. The number of rotatable bonds is 12. The average molecular weight is 827 g/mol. The van der Waals surface area contributed by atoms with Crippen molar-refractivity contribution in [3.05, 3.63) is 47.2 Å². The molecule has 2 saturated carbocycles. The first-order valence-corrected chi connectivity index (χ1v) is 21.6. The van der Waals surface area contributed by atoms with E-state index in [0.29, 0.717) is 54.8 Å². The van der Waals surface area contributed by atoms with Crippen molar-refractivity contribution in [2.75, 3.05) is 57.9 Å². The topological polar surface area (TPSA) is 210 Å². The van der Waals surface area contributed by atoms with Crippen LogP contribution < -0.4 is 21.3 Å². The molecule has 0 radical (unpaired) electrons. The Hall–Kier alpha value is -4.32. The van der Waals surface area contributed by atoms with Gasteiger partial charge in [0.25, 0.3) is 0 Å². The number of fused-ring (bicyclic) bond motifs is 1. The zero-order valence-corrected chi connectivity index (χ0v) is 34.7. The van der Waals surface area contributed by atoms with E-state index in [4.69, 9.17) is 9.47 Å². The maximum atomic E-state index is 13.8. The molecule has 2 aliphatic carbocycles. The summed E-state index contributed by atoms with van der Waals surface area (Å²) in [6.45, 7) is 11.8. The van der Waals surface area contributed by atoms with Crippen LogP contribution in [0.3, 0.4) is 0 Å². The molecule has 322 valence electrons. The second-order valence-corrected chi connectivity index (χ2v) is 19.1. The summed E-state index contributed by atoms with van der Waals surface area (Å²) in [4.78, 5) is 66.2. The molecule has 5 saturated heterocycles. The normalized spacial score (nSPS) is 38.8. The molecule has 0 aromatic heterocycles. The first-order chi connectivity index (χ1) is 28.7. The average Bonchev–Trinajstić information content (AvgIpc) is 3.60. The SMILES string of the molecule is CC(NC(CC1C2(CCC3[C@]1(C)CC[C@@H](O)[C@@]3(C)CO)CO2)C1=C/C(=C\c2ccc(NC(=O)CC(=O)NC3C4CN5CC3CN(C4)C5)cc2)OC1=O)C(=O)NC1=NCC=N1. The summed E-state index contributed by atoms with van der Waals surface area (Å²) in [5.41, 5.74) is 0.256. The Labute approximate surface area is 350 Å². The number of hydrogen-bond acceptors (Lipinski definition) is 13. The van der Waals surface area contributed by atoms with Gasteiger partial charge in [-0.05, 0) is 86.1 Å². The first-order valence-electron chi connectivity index (χ1n) is 21.6. The molecule has 1 spiro atoms. The Morgan fingerprint density at radius 2 is 1.73 bits per heavy atom. The number of nitrogens with one attached hydrogen (secondary N) is 4. The zero-order valence-electron chi connectivity index (χ0n) is 34.7. The van der Waals surface area contributed by atoms with Crippen LogP contribution in [0.25, 0.3) is 6.08 Å². The number of allylic oxidation sites excluding steroid dienone is 1. The minimum absolute atomic E-state index is 0.0201. The van der Waals surface area contributed by atoms with Crippen LogP contribution >= 0.6 is 0 Å². The summed E-state index contributed by atoms with van der Waals surface area (Å²) in [5.74, 6) is -0.189. The number of aliphatic hydroxyl groups excluding tert-OH is 2. The van der Waals surface area contributed by atoms with E-state index >= 15 is 0 Å². The van der Waals surface area contributed by atoms with Gasteiger partial charge in [-0.3, -0.25) is 34.8 Å². The molecule has 7 heterocycles. The minimum Gasteiger partial charge on any atom is -0.423 e. The van der Waals surface area contributed by atoms with Gasteiger partial charge in [-0.2, -0.15) is 0 Å². The summed E-state index contributed by atoms with van der Waals surface area (Å²) in [5, 5.41) is 34.0. The van der Waals surface area contributed by atoms with Crippen LogP contribution in [-0.4, -0.2) is 138 Å². The van der Waals surface area contributed by atoms with Crippen LogP contribution in [0.5, 0.6) is 0 Å². The van der Waals surface area contributed by atoms with E-state index in [0.717, 1.165) is 57.7 Å². The maximum Gasteiger partial charge on any atom is 0.341 e. The maximum absolute atomic E-state index is 13.8. The summed E-state index contributed by atoms with van der Waals surface area (Å²) in [6, 6.07) is 5.83. The number of epoxide rings is 1. The van der Waals surface area contributed by atoms with Gasteiger partial charge in [0.2, 0.25) is 23.7 Å². The van der Waals surface area contributed by atoms with E-state index in [9.17, 15) is 29.4 Å². The quantitative estimate of drug-likeness (QED) is 0.101. The molecule has 8 atom stereocenters. The number of guanidine groups is 1. The lowest BCUT2D eigenvalue weighted by molar-refractivity contribution is -0.177. The number of ether oxygens (including phenoxy) is 2. The zero-order chi connectivity index (χ0) is 42.0. The molecule has 60 heavy (non-hydrogen) atoms. The molecule has 4 bridgehead atoms. The molecule has 16 nitrogen and oxygen atoms in total. The molecule has 5 unspecified atom stereocenters. The molecule has 3 amide bonds. The molecule has 10 rings (SSSR count). The Balaban J connectivity index is 0.895. The fraction of sp³-hybridized carbons (Fsp3) is 0.636. The van der Waals surface area contributed by atoms with Gasteiger partial charge in [0.15, 0.2) is 0 Å². The molecule has 16 heteroatoms. The smallest absolute Gasteiger partial charge is 0.341 e. The number of carbonyl (C=O) groups is 4. The Bertz CT molecular complexity index is 2000. The van der Waals surface area contributed by atoms with E-state index in [1.807, 2.05) is 6.92 Å². The van der Waals surface area contributed by atoms with Gasteiger partial charge in [-0.1, -0.05) is 26.0 Å². The summed E-state index contributed by atoms with van der Waals surface area (Å²) >= 11 is 0. The van der Waals surface area contributed by atoms with Crippen molar-refractivity contribution in [2.45, 2.75) is 89.1 Å². The fourth-order valence-electron chi connectivity index (χ4n) is 12.1. The highest BCUT2D eigenvalue weighted by atomic mass is 16.6. The van der Waals surface area contributed by atoms with Crippen LogP contribution in [-0.2, 0) is 28.7 Å². The first kappa shape index (κ1) is 41.1. The number of amides is 3. The molecule has 1 aromatic carbocycles. The second kappa shape index (κ2) is 15.9. The number of benzene rings is 1. The summed E-state index contributed by atoms with van der Waals surface area (Å²) in [7, 11) is 0. The lowest BCUT2D eigenvalue weighted by Crippen LogP contribution is -2.71. The monoisotopic (exact) mass is 826 g/mol. The van der Waals surface area contributed by atoms with Crippen LogP contribution in [0.1, 0.15) is 64.9 Å². The highest BCUT2D eigenvalue weighted by Crippen LogP contribution is 2.66. The van der Waals surface area contributed by atoms with Gasteiger partial charge in [0, 0.05) is 67.4 Å². The number of aliphatic imine (C=N–C) groups is 2. The summed E-state index contributed by atoms with van der Waals surface area (Å²) in [6.07, 6.45) is 7.53. The van der Waals surface area contributed by atoms with Crippen molar-refractivity contribution >= 4 is 47.6 Å². The molecule has 7 aliphatic heterocycles. The van der Waals surface area contributed by atoms with Gasteiger partial charge in [0.05, 0.1) is 49.7 Å². The number of anilines is 1.